The SMILES string of the molecule is C=C(C=N)/C=C/C. The molecule has 0 bridgehead atoms. The van der Waals surface area contributed by atoms with E-state index in [4.69, 9.17) is 5.41 Å². The maximum absolute atomic E-state index is 6.64. The van der Waals surface area contributed by atoms with E-state index in [9.17, 15) is 0 Å². The topological polar surface area (TPSA) is 23.9 Å². The molecule has 0 atom stereocenters. The van der Waals surface area contributed by atoms with Gasteiger partial charge in [0.05, 0.1) is 0 Å². The summed E-state index contributed by atoms with van der Waals surface area (Å²) in [4.78, 5) is 0. The highest BCUT2D eigenvalue weighted by Crippen LogP contribution is 1.83. The molecule has 7 heavy (non-hydrogen) atoms. The molecule has 0 heterocycles. The maximum atomic E-state index is 6.64. The summed E-state index contributed by atoms with van der Waals surface area (Å²) < 4.78 is 0. The molecule has 0 aromatic carbocycles. The Labute approximate surface area is 43.9 Å². The summed E-state index contributed by atoms with van der Waals surface area (Å²) in [5, 5.41) is 6.64. The zero-order valence-corrected chi connectivity index (χ0v) is 4.44. The van der Waals surface area contributed by atoms with E-state index in [-0.39, 0.29) is 0 Å². The van der Waals surface area contributed by atoms with Crippen LogP contribution in [0.15, 0.2) is 24.3 Å². The summed E-state index contributed by atoms with van der Waals surface area (Å²) in [6.45, 7) is 5.43. The first-order chi connectivity index (χ1) is 3.31. The molecule has 38 valence electrons. The molecule has 0 saturated heterocycles. The first-order valence-electron chi connectivity index (χ1n) is 2.13. The lowest BCUT2D eigenvalue weighted by atomic mass is 10.3. The van der Waals surface area contributed by atoms with E-state index in [2.05, 4.69) is 6.58 Å². The predicted octanol–water partition coefficient (Wildman–Crippen LogP) is 1.77. The molecule has 0 aliphatic heterocycles. The molecule has 0 aliphatic rings. The Morgan fingerprint density at radius 3 is 2.43 bits per heavy atom. The molecule has 0 fully saturated rings. The Kier molecular flexibility index (Phi) is 2.94. The third-order valence-corrected chi connectivity index (χ3v) is 0.566. The van der Waals surface area contributed by atoms with Crippen molar-refractivity contribution < 1.29 is 0 Å². The molecular formula is C6H9N. The highest BCUT2D eigenvalue weighted by molar-refractivity contribution is 5.78. The third kappa shape index (κ3) is 2.97. The lowest BCUT2D eigenvalue weighted by Gasteiger charge is -1.78. The second-order valence-corrected chi connectivity index (χ2v) is 1.22. The van der Waals surface area contributed by atoms with Gasteiger partial charge in [0, 0.05) is 6.21 Å². The number of nitrogens with one attached hydrogen (secondary N) is 1. The minimum atomic E-state index is 0.738. The van der Waals surface area contributed by atoms with Crippen molar-refractivity contribution in [2.24, 2.45) is 0 Å². The standard InChI is InChI=1S/C6H9N/c1-3-4-6(2)5-7/h3-5,7H,2H2,1H3/b4-3+,7-5?. The lowest BCUT2D eigenvalue weighted by Crippen LogP contribution is -1.69. The van der Waals surface area contributed by atoms with Gasteiger partial charge < -0.3 is 5.41 Å². The van der Waals surface area contributed by atoms with E-state index < -0.39 is 0 Å². The van der Waals surface area contributed by atoms with Gasteiger partial charge in [-0.05, 0) is 12.5 Å². The summed E-state index contributed by atoms with van der Waals surface area (Å²) in [6.07, 6.45) is 4.86. The fourth-order valence-corrected chi connectivity index (χ4v) is 0.262. The molecule has 1 heteroatoms. The largest absolute Gasteiger partial charge is 0.308 e. The van der Waals surface area contributed by atoms with Gasteiger partial charge in [-0.25, -0.2) is 0 Å². The summed E-state index contributed by atoms with van der Waals surface area (Å²) in [6, 6.07) is 0. The van der Waals surface area contributed by atoms with Gasteiger partial charge in [0.25, 0.3) is 0 Å². The molecule has 0 amide bonds. The number of hydrogen-bond acceptors (Lipinski definition) is 1. The first-order valence-corrected chi connectivity index (χ1v) is 2.13. The highest BCUT2D eigenvalue weighted by atomic mass is 14.3. The summed E-state index contributed by atoms with van der Waals surface area (Å²) in [5.41, 5.74) is 0.738. The normalized spacial score (nSPS) is 9.29. The zero-order valence-electron chi connectivity index (χ0n) is 4.44. The van der Waals surface area contributed by atoms with Gasteiger partial charge in [0.2, 0.25) is 0 Å². The Morgan fingerprint density at radius 1 is 1.71 bits per heavy atom. The van der Waals surface area contributed by atoms with Crippen LogP contribution >= 0.6 is 0 Å². The number of rotatable bonds is 2. The summed E-state index contributed by atoms with van der Waals surface area (Å²) >= 11 is 0. The van der Waals surface area contributed by atoms with Crippen molar-refractivity contribution in [3.63, 3.8) is 0 Å². The van der Waals surface area contributed by atoms with Crippen LogP contribution in [0, 0.1) is 5.41 Å². The molecule has 0 aromatic rings. The molecule has 0 unspecified atom stereocenters. The van der Waals surface area contributed by atoms with Crippen molar-refractivity contribution in [1.82, 2.24) is 0 Å². The number of hydrogen-bond donors (Lipinski definition) is 1. The fourth-order valence-electron chi connectivity index (χ4n) is 0.262. The summed E-state index contributed by atoms with van der Waals surface area (Å²) in [5.74, 6) is 0. The van der Waals surface area contributed by atoms with Crippen LogP contribution in [-0.4, -0.2) is 6.21 Å². The van der Waals surface area contributed by atoms with Gasteiger partial charge in [-0.15, -0.1) is 0 Å². The molecule has 0 rings (SSSR count). The smallest absolute Gasteiger partial charge is 0.0244 e. The predicted molar refractivity (Wildman–Crippen MR) is 32.7 cm³/mol. The van der Waals surface area contributed by atoms with Gasteiger partial charge in [-0.1, -0.05) is 18.7 Å². The first kappa shape index (κ1) is 6.15. The summed E-state index contributed by atoms with van der Waals surface area (Å²) in [7, 11) is 0. The van der Waals surface area contributed by atoms with Crippen LogP contribution in [0.4, 0.5) is 0 Å². The van der Waals surface area contributed by atoms with Crippen LogP contribution in [0.1, 0.15) is 6.92 Å². The van der Waals surface area contributed by atoms with Gasteiger partial charge in [-0.3, -0.25) is 0 Å². The van der Waals surface area contributed by atoms with Gasteiger partial charge in [-0.2, -0.15) is 0 Å². The van der Waals surface area contributed by atoms with E-state index >= 15 is 0 Å². The van der Waals surface area contributed by atoms with Crippen LogP contribution < -0.4 is 0 Å². The molecule has 0 aromatic heterocycles. The van der Waals surface area contributed by atoms with Crippen LogP contribution in [0.3, 0.4) is 0 Å². The average molecular weight is 95.1 g/mol. The van der Waals surface area contributed by atoms with Crippen molar-refractivity contribution in [2.75, 3.05) is 0 Å². The fraction of sp³-hybridized carbons (Fsp3) is 0.167. The highest BCUT2D eigenvalue weighted by Gasteiger charge is 1.71. The van der Waals surface area contributed by atoms with Crippen molar-refractivity contribution in [2.45, 2.75) is 6.92 Å². The minimum Gasteiger partial charge on any atom is -0.308 e. The lowest BCUT2D eigenvalue weighted by molar-refractivity contribution is 1.55. The average Bonchev–Trinajstić information content (AvgIpc) is 1.68. The quantitative estimate of drug-likeness (QED) is 0.399. The van der Waals surface area contributed by atoms with Crippen LogP contribution in [0.2, 0.25) is 0 Å². The molecule has 1 N–H and O–H groups in total. The third-order valence-electron chi connectivity index (χ3n) is 0.566. The van der Waals surface area contributed by atoms with Crippen molar-refractivity contribution in [3.05, 3.63) is 24.3 Å². The second kappa shape index (κ2) is 3.34. The van der Waals surface area contributed by atoms with Crippen LogP contribution in [-0.2, 0) is 0 Å². The Hall–Kier alpha value is -0.850. The maximum Gasteiger partial charge on any atom is 0.0244 e. The Bertz CT molecular complexity index is 101. The van der Waals surface area contributed by atoms with E-state index in [0.717, 1.165) is 5.57 Å². The number of allylic oxidation sites excluding steroid dienone is 3. The van der Waals surface area contributed by atoms with Crippen LogP contribution in [0.25, 0.3) is 0 Å². The van der Waals surface area contributed by atoms with Crippen molar-refractivity contribution in [3.8, 4) is 0 Å². The van der Waals surface area contributed by atoms with Crippen molar-refractivity contribution in [1.29, 1.82) is 5.41 Å². The van der Waals surface area contributed by atoms with Gasteiger partial charge in [0.15, 0.2) is 0 Å². The molecule has 0 radical (unpaired) electrons. The molecule has 0 spiro atoms. The zero-order chi connectivity index (χ0) is 5.70. The van der Waals surface area contributed by atoms with E-state index in [0.29, 0.717) is 0 Å². The van der Waals surface area contributed by atoms with Crippen molar-refractivity contribution >= 4 is 6.21 Å². The van der Waals surface area contributed by atoms with E-state index in [1.165, 1.54) is 6.21 Å². The second-order valence-electron chi connectivity index (χ2n) is 1.22. The monoisotopic (exact) mass is 95.1 g/mol. The van der Waals surface area contributed by atoms with E-state index in [1.54, 1.807) is 6.08 Å². The van der Waals surface area contributed by atoms with Gasteiger partial charge in [0.1, 0.15) is 0 Å². The van der Waals surface area contributed by atoms with Gasteiger partial charge >= 0.3 is 0 Å². The molecule has 1 nitrogen and oxygen atoms in total. The van der Waals surface area contributed by atoms with Crippen LogP contribution in [0.5, 0.6) is 0 Å². The molecule has 0 aliphatic carbocycles. The van der Waals surface area contributed by atoms with E-state index in [1.807, 2.05) is 13.0 Å². The Morgan fingerprint density at radius 2 is 2.29 bits per heavy atom. The molecule has 0 saturated carbocycles. The molecular weight excluding hydrogens is 86.1 g/mol. The Balaban J connectivity index is 3.58. The minimum absolute atomic E-state index is 0.738.